The third-order valence-electron chi connectivity index (χ3n) is 5.62. The summed E-state index contributed by atoms with van der Waals surface area (Å²) in [6.45, 7) is 0. The van der Waals surface area contributed by atoms with E-state index in [0.717, 1.165) is 68.5 Å². The molecule has 4 nitrogen and oxygen atoms in total. The molecule has 0 bridgehead atoms. The van der Waals surface area contributed by atoms with Gasteiger partial charge in [0.2, 0.25) is 0 Å². The van der Waals surface area contributed by atoms with Crippen LogP contribution in [0.15, 0.2) is 69.0 Å². The zero-order valence-corrected chi connectivity index (χ0v) is 19.1. The van der Waals surface area contributed by atoms with E-state index in [9.17, 15) is 5.26 Å². The van der Waals surface area contributed by atoms with Crippen molar-refractivity contribution in [2.24, 2.45) is 0 Å². The number of hydrogen-bond donors (Lipinski definition) is 1. The van der Waals surface area contributed by atoms with E-state index >= 15 is 0 Å². The maximum atomic E-state index is 10.2. The number of fused-ring (bicyclic) bond motifs is 2. The normalized spacial score (nSPS) is 13.0. The molecule has 4 aromatic rings. The summed E-state index contributed by atoms with van der Waals surface area (Å²) in [6, 6.07) is 20.4. The number of nitriles is 1. The quantitative estimate of drug-likeness (QED) is 0.355. The second-order valence-electron chi connectivity index (χ2n) is 7.56. The summed E-state index contributed by atoms with van der Waals surface area (Å²) in [5.74, 6) is 0. The number of benzene rings is 2. The van der Waals surface area contributed by atoms with Gasteiger partial charge in [-0.1, -0.05) is 58.0 Å². The molecule has 0 radical (unpaired) electrons. The van der Waals surface area contributed by atoms with Gasteiger partial charge in [0.15, 0.2) is 5.65 Å². The Kier molecular flexibility index (Phi) is 5.39. The number of anilines is 1. The summed E-state index contributed by atoms with van der Waals surface area (Å²) in [6.07, 6.45) is 4.07. The van der Waals surface area contributed by atoms with Crippen LogP contribution in [0.4, 0.5) is 5.69 Å². The number of rotatable bonds is 3. The molecule has 1 aliphatic carbocycles. The summed E-state index contributed by atoms with van der Waals surface area (Å²) in [7, 11) is 0. The Hall–Kier alpha value is -2.88. The number of hydrogen-bond acceptors (Lipinski definition) is 5. The molecule has 0 unspecified atom stereocenters. The number of nitrogen functional groups attached to an aromatic ring is 1. The highest BCUT2D eigenvalue weighted by Crippen LogP contribution is 2.42. The monoisotopic (exact) mass is 486 g/mol. The first kappa shape index (κ1) is 20.0. The lowest BCUT2D eigenvalue weighted by molar-refractivity contribution is 0.672. The number of halogens is 1. The topological polar surface area (TPSA) is 75.6 Å². The minimum absolute atomic E-state index is 0.535. The molecule has 6 heteroatoms. The molecule has 0 saturated heterocycles. The molecule has 0 spiro atoms. The smallest absolute Gasteiger partial charge is 0.163 e. The second-order valence-corrected chi connectivity index (χ2v) is 9.54. The highest BCUT2D eigenvalue weighted by Gasteiger charge is 2.24. The molecule has 0 atom stereocenters. The summed E-state index contributed by atoms with van der Waals surface area (Å²) in [5.41, 5.74) is 12.5. The molecule has 2 aromatic carbocycles. The van der Waals surface area contributed by atoms with Gasteiger partial charge < -0.3 is 5.73 Å². The number of nitrogens with zero attached hydrogens (tertiary/aromatic N) is 3. The van der Waals surface area contributed by atoms with E-state index < -0.39 is 0 Å². The predicted octanol–water partition coefficient (Wildman–Crippen LogP) is 6.54. The van der Waals surface area contributed by atoms with Gasteiger partial charge >= 0.3 is 0 Å². The fourth-order valence-electron chi connectivity index (χ4n) is 4.15. The van der Waals surface area contributed by atoms with Crippen molar-refractivity contribution in [2.75, 3.05) is 5.73 Å². The van der Waals surface area contributed by atoms with Gasteiger partial charge in [0, 0.05) is 26.3 Å². The van der Waals surface area contributed by atoms with E-state index in [1.165, 1.54) is 11.8 Å². The first-order valence-corrected chi connectivity index (χ1v) is 11.8. The second kappa shape index (κ2) is 8.33. The van der Waals surface area contributed by atoms with Crippen LogP contribution in [-0.4, -0.2) is 9.97 Å². The third-order valence-corrected chi connectivity index (χ3v) is 7.15. The number of aryl methyl sites for hydroxylation is 1. The van der Waals surface area contributed by atoms with Crippen molar-refractivity contribution >= 4 is 44.4 Å². The van der Waals surface area contributed by atoms with Crippen LogP contribution in [0.1, 0.15) is 29.7 Å². The Morgan fingerprint density at radius 2 is 1.71 bits per heavy atom. The zero-order chi connectivity index (χ0) is 21.4. The Balaban J connectivity index is 1.84. The van der Waals surface area contributed by atoms with Crippen LogP contribution in [0.5, 0.6) is 0 Å². The fraction of sp³-hybridized carbons (Fsp3) is 0.160. The minimum atomic E-state index is 0.535. The number of aromatic nitrogens is 2. The lowest BCUT2D eigenvalue weighted by atomic mass is 9.90. The third kappa shape index (κ3) is 3.69. The van der Waals surface area contributed by atoms with Crippen LogP contribution in [0.2, 0.25) is 0 Å². The maximum Gasteiger partial charge on any atom is 0.163 e. The molecule has 0 saturated carbocycles. The average Bonchev–Trinajstić information content (AvgIpc) is 2.80. The van der Waals surface area contributed by atoms with Crippen LogP contribution in [0.3, 0.4) is 0 Å². The standard InChI is InChI=1S/C25H19BrN4S/c26-16-12-10-15(11-13-16)21-19(14-27)25(31-17-6-2-1-3-7-17)30-24-22(21)23(28)18-8-4-5-9-20(18)29-24/h1-3,6-7,10-13H,4-5,8-9H2,(H2,28,29,30). The van der Waals surface area contributed by atoms with E-state index in [-0.39, 0.29) is 0 Å². The molecule has 31 heavy (non-hydrogen) atoms. The Morgan fingerprint density at radius 3 is 2.45 bits per heavy atom. The van der Waals surface area contributed by atoms with Crippen molar-refractivity contribution in [3.8, 4) is 17.2 Å². The van der Waals surface area contributed by atoms with Gasteiger partial charge in [-0.25, -0.2) is 9.97 Å². The summed E-state index contributed by atoms with van der Waals surface area (Å²) >= 11 is 4.99. The van der Waals surface area contributed by atoms with Gasteiger partial charge in [0.25, 0.3) is 0 Å². The van der Waals surface area contributed by atoms with E-state index in [1.807, 2.05) is 54.6 Å². The van der Waals surface area contributed by atoms with Crippen LogP contribution >= 0.6 is 27.7 Å². The summed E-state index contributed by atoms with van der Waals surface area (Å²) in [5, 5.41) is 11.7. The van der Waals surface area contributed by atoms with Gasteiger partial charge in [0.1, 0.15) is 11.1 Å². The first-order chi connectivity index (χ1) is 15.2. The molecule has 0 amide bonds. The van der Waals surface area contributed by atoms with Crippen LogP contribution in [0.25, 0.3) is 22.2 Å². The number of nitrogens with two attached hydrogens (primary N) is 1. The molecule has 2 aromatic heterocycles. The zero-order valence-electron chi connectivity index (χ0n) is 16.7. The van der Waals surface area contributed by atoms with Gasteiger partial charge in [-0.05, 0) is 61.1 Å². The Morgan fingerprint density at radius 1 is 0.968 bits per heavy atom. The van der Waals surface area contributed by atoms with Crippen LogP contribution in [0, 0.1) is 11.3 Å². The highest BCUT2D eigenvalue weighted by molar-refractivity contribution is 9.10. The van der Waals surface area contributed by atoms with Crippen molar-refractivity contribution in [1.29, 1.82) is 5.26 Å². The molecular weight excluding hydrogens is 468 g/mol. The van der Waals surface area contributed by atoms with Gasteiger partial charge in [-0.2, -0.15) is 5.26 Å². The minimum Gasteiger partial charge on any atom is -0.398 e. The van der Waals surface area contributed by atoms with Crippen LogP contribution < -0.4 is 5.73 Å². The van der Waals surface area contributed by atoms with Crippen molar-refractivity contribution in [2.45, 2.75) is 35.6 Å². The van der Waals surface area contributed by atoms with Gasteiger partial charge in [-0.3, -0.25) is 0 Å². The SMILES string of the molecule is N#Cc1c(Sc2ccccc2)nc2nc3c(c(N)c2c1-c1ccc(Br)cc1)CCCC3. The highest BCUT2D eigenvalue weighted by atomic mass is 79.9. The van der Waals surface area contributed by atoms with Gasteiger partial charge in [0.05, 0.1) is 10.9 Å². The number of pyridine rings is 2. The van der Waals surface area contributed by atoms with Crippen molar-refractivity contribution in [1.82, 2.24) is 9.97 Å². The molecule has 2 heterocycles. The molecule has 0 aliphatic heterocycles. The van der Waals surface area contributed by atoms with Crippen LogP contribution in [-0.2, 0) is 12.8 Å². The largest absolute Gasteiger partial charge is 0.398 e. The molecule has 5 rings (SSSR count). The van der Waals surface area contributed by atoms with E-state index in [4.69, 9.17) is 15.7 Å². The lowest BCUT2D eigenvalue weighted by Crippen LogP contribution is -2.11. The average molecular weight is 487 g/mol. The Bertz CT molecular complexity index is 1330. The van der Waals surface area contributed by atoms with E-state index in [1.54, 1.807) is 0 Å². The molecular formula is C25H19BrN4S. The van der Waals surface area contributed by atoms with Gasteiger partial charge in [-0.15, -0.1) is 0 Å². The van der Waals surface area contributed by atoms with Crippen molar-refractivity contribution in [3.05, 3.63) is 75.9 Å². The molecule has 152 valence electrons. The van der Waals surface area contributed by atoms with E-state index in [0.29, 0.717) is 16.2 Å². The Labute approximate surface area is 193 Å². The summed E-state index contributed by atoms with van der Waals surface area (Å²) < 4.78 is 0.982. The van der Waals surface area contributed by atoms with Crippen molar-refractivity contribution < 1.29 is 0 Å². The maximum absolute atomic E-state index is 10.2. The van der Waals surface area contributed by atoms with E-state index in [2.05, 4.69) is 22.0 Å². The molecule has 2 N–H and O–H groups in total. The predicted molar refractivity (Wildman–Crippen MR) is 129 cm³/mol. The first-order valence-electron chi connectivity index (χ1n) is 10.2. The molecule has 1 aliphatic rings. The fourth-order valence-corrected chi connectivity index (χ4v) is 5.32. The molecule has 0 fully saturated rings. The summed E-state index contributed by atoms with van der Waals surface area (Å²) in [4.78, 5) is 10.8. The lowest BCUT2D eigenvalue weighted by Gasteiger charge is -2.21. The van der Waals surface area contributed by atoms with Crippen molar-refractivity contribution in [3.63, 3.8) is 0 Å².